The van der Waals surface area contributed by atoms with Crippen LogP contribution in [0, 0.1) is 5.92 Å². The van der Waals surface area contributed by atoms with Crippen molar-refractivity contribution in [2.24, 2.45) is 11.0 Å². The van der Waals surface area contributed by atoms with Gasteiger partial charge in [0.2, 0.25) is 0 Å². The quantitative estimate of drug-likeness (QED) is 0.314. The second-order valence-corrected chi connectivity index (χ2v) is 13.5. The first-order valence-electron chi connectivity index (χ1n) is 10.9. The van der Waals surface area contributed by atoms with Gasteiger partial charge in [-0.15, -0.1) is 0 Å². The number of nitrogens with zero attached hydrogens (tertiary/aromatic N) is 3. The lowest BCUT2D eigenvalue weighted by molar-refractivity contribution is -0.217. The van der Waals surface area contributed by atoms with Gasteiger partial charge in [0.15, 0.2) is 6.29 Å². The Morgan fingerprint density at radius 1 is 1.06 bits per heavy atom. The number of hydrogen-bond acceptors (Lipinski definition) is 4. The van der Waals surface area contributed by atoms with E-state index in [1.807, 2.05) is 50.2 Å². The van der Waals surface area contributed by atoms with Crippen molar-refractivity contribution in [1.82, 2.24) is 0 Å². The standard InChI is InChI=1S/C24H33N3O3Si/c1-6-20-22(28)17(2)21(26-27-25)23(29-20)30-31(24(3,4)5,18-13-9-7-10-14-18)19-15-11-8-12-16-19/h7-17,20-23,28H,6H2,1-5H3/t17-,20?,21?,22+,23+/m1/s1. The van der Waals surface area contributed by atoms with Crippen molar-refractivity contribution in [3.05, 3.63) is 71.1 Å². The van der Waals surface area contributed by atoms with Crippen molar-refractivity contribution in [3.8, 4) is 0 Å². The first kappa shape index (κ1) is 23.5. The van der Waals surface area contributed by atoms with Gasteiger partial charge in [-0.1, -0.05) is 100 Å². The number of rotatable bonds is 6. The molecule has 0 spiro atoms. The molecule has 1 aliphatic heterocycles. The minimum Gasteiger partial charge on any atom is -0.390 e. The summed E-state index contributed by atoms with van der Waals surface area (Å²) in [6.07, 6.45) is -1.18. The van der Waals surface area contributed by atoms with Gasteiger partial charge in [0.25, 0.3) is 8.32 Å². The van der Waals surface area contributed by atoms with Crippen LogP contribution in [0.1, 0.15) is 41.0 Å². The second-order valence-electron chi connectivity index (χ2n) is 9.28. The highest BCUT2D eigenvalue weighted by molar-refractivity contribution is 6.99. The van der Waals surface area contributed by atoms with Gasteiger partial charge in [-0.05, 0) is 33.3 Å². The zero-order chi connectivity index (χ0) is 22.6. The largest absolute Gasteiger partial charge is 0.390 e. The monoisotopic (exact) mass is 439 g/mol. The Labute approximate surface area is 186 Å². The molecule has 1 fully saturated rings. The summed E-state index contributed by atoms with van der Waals surface area (Å²) in [5.74, 6) is -0.280. The van der Waals surface area contributed by atoms with Crippen molar-refractivity contribution < 1.29 is 14.3 Å². The molecule has 1 aliphatic rings. The van der Waals surface area contributed by atoms with Crippen LogP contribution < -0.4 is 10.4 Å². The molecule has 7 heteroatoms. The van der Waals surface area contributed by atoms with E-state index in [1.165, 1.54) is 0 Å². The molecule has 3 rings (SSSR count). The van der Waals surface area contributed by atoms with E-state index in [0.717, 1.165) is 10.4 Å². The smallest absolute Gasteiger partial charge is 0.264 e. The fourth-order valence-corrected chi connectivity index (χ4v) is 9.20. The summed E-state index contributed by atoms with van der Waals surface area (Å²) in [6, 6.07) is 20.0. The summed E-state index contributed by atoms with van der Waals surface area (Å²) in [4.78, 5) is 3.05. The van der Waals surface area contributed by atoms with E-state index < -0.39 is 26.8 Å². The second kappa shape index (κ2) is 9.55. The molecule has 0 bridgehead atoms. The summed E-state index contributed by atoms with van der Waals surface area (Å²) in [6.45, 7) is 10.5. The van der Waals surface area contributed by atoms with Gasteiger partial charge in [0.05, 0.1) is 18.2 Å². The third-order valence-corrected chi connectivity index (χ3v) is 11.3. The highest BCUT2D eigenvalue weighted by Gasteiger charge is 2.54. The van der Waals surface area contributed by atoms with Gasteiger partial charge in [-0.3, -0.25) is 0 Å². The van der Waals surface area contributed by atoms with Crippen LogP contribution in [0.2, 0.25) is 5.04 Å². The lowest BCUT2D eigenvalue weighted by Crippen LogP contribution is -2.70. The van der Waals surface area contributed by atoms with Gasteiger partial charge in [-0.2, -0.15) is 0 Å². The first-order valence-corrected chi connectivity index (χ1v) is 12.8. The predicted molar refractivity (Wildman–Crippen MR) is 126 cm³/mol. The molecule has 1 saturated heterocycles. The molecule has 1 N–H and O–H groups in total. The summed E-state index contributed by atoms with van der Waals surface area (Å²) >= 11 is 0. The summed E-state index contributed by atoms with van der Waals surface area (Å²) in [5.41, 5.74) is 9.23. The van der Waals surface area contributed by atoms with Crippen LogP contribution in [0.15, 0.2) is 65.8 Å². The Bertz CT molecular complexity index is 858. The minimum absolute atomic E-state index is 0.235. The predicted octanol–water partition coefficient (Wildman–Crippen LogP) is 4.37. The van der Waals surface area contributed by atoms with Gasteiger partial charge >= 0.3 is 0 Å². The van der Waals surface area contributed by atoms with Crippen LogP contribution >= 0.6 is 0 Å². The van der Waals surface area contributed by atoms with Crippen LogP contribution in [-0.4, -0.2) is 38.0 Å². The molecule has 0 radical (unpaired) electrons. The van der Waals surface area contributed by atoms with Crippen LogP contribution in [0.25, 0.3) is 10.4 Å². The van der Waals surface area contributed by atoms with Crippen molar-refractivity contribution in [3.63, 3.8) is 0 Å². The normalized spacial score (nSPS) is 26.8. The molecule has 0 aromatic heterocycles. The summed E-state index contributed by atoms with van der Waals surface area (Å²) in [5, 5.41) is 16.7. The van der Waals surface area contributed by atoms with E-state index >= 15 is 0 Å². The maximum Gasteiger partial charge on any atom is 0.264 e. The van der Waals surface area contributed by atoms with Crippen LogP contribution in [0.3, 0.4) is 0 Å². The van der Waals surface area contributed by atoms with E-state index in [4.69, 9.17) is 9.16 Å². The number of benzene rings is 2. The van der Waals surface area contributed by atoms with E-state index in [1.54, 1.807) is 0 Å². The summed E-state index contributed by atoms with van der Waals surface area (Å²) < 4.78 is 13.3. The molecule has 31 heavy (non-hydrogen) atoms. The van der Waals surface area contributed by atoms with Crippen LogP contribution in [-0.2, 0) is 9.16 Å². The molecule has 2 unspecified atom stereocenters. The highest BCUT2D eigenvalue weighted by atomic mass is 28.4. The van der Waals surface area contributed by atoms with Gasteiger partial charge in [0, 0.05) is 4.91 Å². The van der Waals surface area contributed by atoms with Crippen LogP contribution in [0.4, 0.5) is 0 Å². The molecule has 0 amide bonds. The highest BCUT2D eigenvalue weighted by Crippen LogP contribution is 2.40. The zero-order valence-corrected chi connectivity index (χ0v) is 20.0. The number of aliphatic hydroxyl groups excluding tert-OH is 1. The zero-order valence-electron chi connectivity index (χ0n) is 19.0. The number of aliphatic hydroxyl groups is 1. The van der Waals surface area contributed by atoms with Crippen molar-refractivity contribution >= 4 is 18.7 Å². The van der Waals surface area contributed by atoms with Crippen molar-refractivity contribution in [2.45, 2.75) is 70.6 Å². The maximum atomic E-state index is 10.7. The van der Waals surface area contributed by atoms with E-state index in [9.17, 15) is 10.6 Å². The molecule has 1 heterocycles. The third kappa shape index (κ3) is 4.42. The Balaban J connectivity index is 2.19. The molecule has 5 atom stereocenters. The lowest BCUT2D eigenvalue weighted by atomic mass is 9.88. The van der Waals surface area contributed by atoms with Crippen molar-refractivity contribution in [1.29, 1.82) is 0 Å². The molecular formula is C24H33N3O3Si. The maximum absolute atomic E-state index is 10.7. The van der Waals surface area contributed by atoms with E-state index in [0.29, 0.717) is 6.42 Å². The molecule has 166 valence electrons. The Morgan fingerprint density at radius 2 is 1.58 bits per heavy atom. The van der Waals surface area contributed by atoms with E-state index in [-0.39, 0.29) is 17.1 Å². The molecule has 2 aromatic rings. The molecule has 0 saturated carbocycles. The average Bonchev–Trinajstić information content (AvgIpc) is 2.77. The SMILES string of the molecule is CCC1O[C@@H](O[Si](c2ccccc2)(c2ccccc2)C(C)(C)C)C(N=[N+]=[N-])[C@@H](C)[C@@H]1O. The number of ether oxygens (including phenoxy) is 1. The first-order chi connectivity index (χ1) is 14.8. The third-order valence-electron chi connectivity index (χ3n) is 6.34. The molecular weight excluding hydrogens is 406 g/mol. The van der Waals surface area contributed by atoms with Gasteiger partial charge in [0.1, 0.15) is 0 Å². The number of hydrogen-bond donors (Lipinski definition) is 1. The molecule has 2 aromatic carbocycles. The lowest BCUT2D eigenvalue weighted by Gasteiger charge is -2.49. The average molecular weight is 440 g/mol. The summed E-state index contributed by atoms with van der Waals surface area (Å²) in [7, 11) is -2.89. The van der Waals surface area contributed by atoms with E-state index in [2.05, 4.69) is 55.1 Å². The minimum atomic E-state index is -2.89. The van der Waals surface area contributed by atoms with Crippen LogP contribution in [0.5, 0.6) is 0 Å². The Morgan fingerprint density at radius 3 is 2.00 bits per heavy atom. The molecule has 0 aliphatic carbocycles. The fourth-order valence-electron chi connectivity index (χ4n) is 4.64. The Hall–Kier alpha value is -2.15. The number of azide groups is 1. The fraction of sp³-hybridized carbons (Fsp3) is 0.500. The van der Waals surface area contributed by atoms with Crippen molar-refractivity contribution in [2.75, 3.05) is 0 Å². The Kier molecular flexibility index (Phi) is 7.24. The topological polar surface area (TPSA) is 87.5 Å². The van der Waals surface area contributed by atoms with Gasteiger partial charge < -0.3 is 14.3 Å². The molecule has 6 nitrogen and oxygen atoms in total. The van der Waals surface area contributed by atoms with Gasteiger partial charge in [-0.25, -0.2) is 0 Å².